The summed E-state index contributed by atoms with van der Waals surface area (Å²) in [5.41, 5.74) is 3.75. The van der Waals surface area contributed by atoms with E-state index in [2.05, 4.69) is 46.4 Å². The van der Waals surface area contributed by atoms with Gasteiger partial charge >= 0.3 is 0 Å². The first-order valence-corrected chi connectivity index (χ1v) is 13.1. The first-order valence-electron chi connectivity index (χ1n) is 12.7. The van der Waals surface area contributed by atoms with Crippen LogP contribution in [0.4, 0.5) is 5.69 Å². The number of benzene rings is 1. The lowest BCUT2D eigenvalue weighted by Gasteiger charge is -2.40. The summed E-state index contributed by atoms with van der Waals surface area (Å²) in [6.07, 6.45) is 4.85. The summed E-state index contributed by atoms with van der Waals surface area (Å²) >= 11 is 6.52. The molecule has 0 unspecified atom stereocenters. The lowest BCUT2D eigenvalue weighted by Crippen LogP contribution is -2.42. The molecule has 192 valence electrons. The van der Waals surface area contributed by atoms with Crippen LogP contribution in [0.2, 0.25) is 5.02 Å². The second-order valence-corrected chi connectivity index (χ2v) is 10.2. The van der Waals surface area contributed by atoms with Crippen molar-refractivity contribution >= 4 is 34.7 Å². The Bertz CT molecular complexity index is 1010. The first kappa shape index (κ1) is 27.2. The number of nitrogens with one attached hydrogen (secondary N) is 2. The molecule has 1 aliphatic heterocycles. The van der Waals surface area contributed by atoms with Crippen molar-refractivity contribution < 1.29 is 9.59 Å². The van der Waals surface area contributed by atoms with Crippen molar-refractivity contribution in [3.8, 4) is 0 Å². The standard InChI is InChI=1S/C27H40ClN5O2/c1-7-29-26-23(25(34)13-17(3)31-26)16-30-27(35)22-14-19(28)15-24(18(22)4)33(8-2)21-11-9-20(10-12-21)32(5)6/h14-15,20-21,29H,7-13,16H2,1-6H3,(H,30,35). The Hall–Kier alpha value is -2.38. The Morgan fingerprint density at radius 3 is 2.37 bits per heavy atom. The number of carbonyl (C=O) groups is 2. The molecular weight excluding hydrogens is 462 g/mol. The molecule has 3 rings (SSSR count). The van der Waals surface area contributed by atoms with Gasteiger partial charge in [-0.2, -0.15) is 0 Å². The fraction of sp³-hybridized carbons (Fsp3) is 0.593. The number of anilines is 1. The van der Waals surface area contributed by atoms with Crippen molar-refractivity contribution in [1.82, 2.24) is 15.5 Å². The van der Waals surface area contributed by atoms with Crippen LogP contribution in [-0.2, 0) is 4.79 Å². The van der Waals surface area contributed by atoms with Crippen molar-refractivity contribution in [2.75, 3.05) is 38.6 Å². The van der Waals surface area contributed by atoms with Gasteiger partial charge in [-0.25, -0.2) is 4.99 Å². The fourth-order valence-electron chi connectivity index (χ4n) is 5.24. The number of carbonyl (C=O) groups excluding carboxylic acids is 2. The number of halogens is 1. The molecule has 2 N–H and O–H groups in total. The second kappa shape index (κ2) is 12.0. The van der Waals surface area contributed by atoms with E-state index in [0.29, 0.717) is 40.6 Å². The van der Waals surface area contributed by atoms with E-state index in [1.807, 2.05) is 26.8 Å². The van der Waals surface area contributed by atoms with Crippen molar-refractivity contribution in [1.29, 1.82) is 0 Å². The maximum absolute atomic E-state index is 13.3. The minimum absolute atomic E-state index is 0.0114. The Kier molecular flexibility index (Phi) is 9.36. The van der Waals surface area contributed by atoms with Gasteiger partial charge < -0.3 is 20.4 Å². The van der Waals surface area contributed by atoms with Gasteiger partial charge in [0.05, 0.1) is 12.1 Å². The third-order valence-corrected chi connectivity index (χ3v) is 7.41. The van der Waals surface area contributed by atoms with Crippen LogP contribution in [0.3, 0.4) is 0 Å². The van der Waals surface area contributed by atoms with Crippen molar-refractivity contribution in [2.24, 2.45) is 4.99 Å². The zero-order valence-corrected chi connectivity index (χ0v) is 22.8. The normalized spacial score (nSPS) is 20.7. The third-order valence-electron chi connectivity index (χ3n) is 7.19. The van der Waals surface area contributed by atoms with Crippen LogP contribution in [0.25, 0.3) is 0 Å². The quantitative estimate of drug-likeness (QED) is 0.526. The molecule has 0 atom stereocenters. The number of hydrogen-bond acceptors (Lipinski definition) is 6. The van der Waals surface area contributed by atoms with Gasteiger partial charge in [-0.3, -0.25) is 9.59 Å². The van der Waals surface area contributed by atoms with Gasteiger partial charge in [-0.1, -0.05) is 11.6 Å². The van der Waals surface area contributed by atoms with Gasteiger partial charge in [0.25, 0.3) is 5.91 Å². The lowest BCUT2D eigenvalue weighted by molar-refractivity contribution is -0.114. The fourth-order valence-corrected chi connectivity index (χ4v) is 5.45. The SMILES string of the molecule is CCNC1=C(CNC(=O)c2cc(Cl)cc(N(CC)C3CCC(N(C)C)CC3)c2C)C(=O)CC(C)=N1. The molecule has 1 aliphatic carbocycles. The first-order chi connectivity index (χ1) is 16.7. The van der Waals surface area contributed by atoms with Crippen LogP contribution >= 0.6 is 11.6 Å². The summed E-state index contributed by atoms with van der Waals surface area (Å²) in [6, 6.07) is 4.75. The smallest absolute Gasteiger partial charge is 0.251 e. The molecule has 8 heteroatoms. The molecule has 1 aromatic rings. The summed E-state index contributed by atoms with van der Waals surface area (Å²) in [5.74, 6) is 0.305. The number of Topliss-reactive ketones (excluding diaryl/α,β-unsaturated/α-hetero) is 1. The molecule has 35 heavy (non-hydrogen) atoms. The molecule has 0 radical (unpaired) electrons. The van der Waals surface area contributed by atoms with E-state index in [-0.39, 0.29) is 24.7 Å². The van der Waals surface area contributed by atoms with Gasteiger partial charge in [0.2, 0.25) is 0 Å². The van der Waals surface area contributed by atoms with E-state index in [1.54, 1.807) is 6.07 Å². The molecule has 0 saturated heterocycles. The van der Waals surface area contributed by atoms with Gasteiger partial charge in [-0.15, -0.1) is 0 Å². The third kappa shape index (κ3) is 6.44. The molecule has 1 aromatic carbocycles. The van der Waals surface area contributed by atoms with E-state index < -0.39 is 0 Å². The molecular formula is C27H40ClN5O2. The number of hydrogen-bond donors (Lipinski definition) is 2. The van der Waals surface area contributed by atoms with Crippen LogP contribution in [-0.4, -0.2) is 68.1 Å². The highest BCUT2D eigenvalue weighted by atomic mass is 35.5. The molecule has 0 spiro atoms. The van der Waals surface area contributed by atoms with Gasteiger partial charge in [0, 0.05) is 53.6 Å². The molecule has 1 saturated carbocycles. The number of ketones is 1. The highest BCUT2D eigenvalue weighted by Gasteiger charge is 2.28. The van der Waals surface area contributed by atoms with Crippen LogP contribution in [0.15, 0.2) is 28.5 Å². The van der Waals surface area contributed by atoms with E-state index in [9.17, 15) is 9.59 Å². The number of rotatable bonds is 9. The molecule has 2 aliphatic rings. The van der Waals surface area contributed by atoms with Crippen LogP contribution in [0, 0.1) is 6.92 Å². The average Bonchev–Trinajstić information content (AvgIpc) is 2.81. The minimum Gasteiger partial charge on any atom is -0.370 e. The molecule has 0 aromatic heterocycles. The maximum Gasteiger partial charge on any atom is 0.251 e. The second-order valence-electron chi connectivity index (χ2n) is 9.80. The topological polar surface area (TPSA) is 77.0 Å². The largest absolute Gasteiger partial charge is 0.370 e. The van der Waals surface area contributed by atoms with Crippen LogP contribution in [0.5, 0.6) is 0 Å². The van der Waals surface area contributed by atoms with Crippen LogP contribution in [0.1, 0.15) is 68.8 Å². The Morgan fingerprint density at radius 2 is 1.77 bits per heavy atom. The Morgan fingerprint density at radius 1 is 1.11 bits per heavy atom. The van der Waals surface area contributed by atoms with Gasteiger partial charge in [-0.05, 0) is 85.2 Å². The summed E-state index contributed by atoms with van der Waals surface area (Å²) in [5, 5.41) is 6.63. The number of amides is 1. The predicted molar refractivity (Wildman–Crippen MR) is 145 cm³/mol. The summed E-state index contributed by atoms with van der Waals surface area (Å²) < 4.78 is 0. The Labute approximate surface area is 215 Å². The molecule has 1 amide bonds. The number of aliphatic imine (C=N–C) groups is 1. The maximum atomic E-state index is 13.3. The van der Waals surface area contributed by atoms with Gasteiger partial charge in [0.1, 0.15) is 5.82 Å². The molecule has 7 nitrogen and oxygen atoms in total. The van der Waals surface area contributed by atoms with Crippen molar-refractivity contribution in [2.45, 2.75) is 71.9 Å². The molecule has 0 bridgehead atoms. The highest BCUT2D eigenvalue weighted by molar-refractivity contribution is 6.31. The van der Waals surface area contributed by atoms with E-state index >= 15 is 0 Å². The predicted octanol–water partition coefficient (Wildman–Crippen LogP) is 4.33. The summed E-state index contributed by atoms with van der Waals surface area (Å²) in [7, 11) is 4.31. The minimum atomic E-state index is -0.235. The molecule has 1 heterocycles. The average molecular weight is 502 g/mol. The lowest BCUT2D eigenvalue weighted by atomic mass is 9.89. The summed E-state index contributed by atoms with van der Waals surface area (Å²) in [6.45, 7) is 9.57. The van der Waals surface area contributed by atoms with E-state index in [1.165, 1.54) is 12.8 Å². The summed E-state index contributed by atoms with van der Waals surface area (Å²) in [4.78, 5) is 35.1. The molecule has 1 fully saturated rings. The monoisotopic (exact) mass is 501 g/mol. The van der Waals surface area contributed by atoms with E-state index in [4.69, 9.17) is 11.6 Å². The Balaban J connectivity index is 1.81. The van der Waals surface area contributed by atoms with Crippen molar-refractivity contribution in [3.05, 3.63) is 39.7 Å². The number of nitrogens with zero attached hydrogens (tertiary/aromatic N) is 3. The van der Waals surface area contributed by atoms with E-state index in [0.717, 1.165) is 36.3 Å². The van der Waals surface area contributed by atoms with Crippen LogP contribution < -0.4 is 15.5 Å². The zero-order chi connectivity index (χ0) is 25.7. The highest BCUT2D eigenvalue weighted by Crippen LogP contribution is 2.34. The zero-order valence-electron chi connectivity index (χ0n) is 22.0. The van der Waals surface area contributed by atoms with Gasteiger partial charge in [0.15, 0.2) is 5.78 Å². The van der Waals surface area contributed by atoms with Crippen molar-refractivity contribution in [3.63, 3.8) is 0 Å².